The van der Waals surface area contributed by atoms with Crippen molar-refractivity contribution in [3.63, 3.8) is 0 Å². The molecule has 0 spiro atoms. The number of anilines is 2. The molecule has 0 radical (unpaired) electrons. The zero-order chi connectivity index (χ0) is 15.6. The Balaban J connectivity index is 2.39. The van der Waals surface area contributed by atoms with Crippen molar-refractivity contribution in [2.45, 2.75) is 4.90 Å². The van der Waals surface area contributed by atoms with Crippen LogP contribution in [0, 0.1) is 0 Å². The molecule has 1 amide bonds. The van der Waals surface area contributed by atoms with Crippen molar-refractivity contribution in [1.82, 2.24) is 4.98 Å². The number of hydrogen-bond acceptors (Lipinski definition) is 5. The van der Waals surface area contributed by atoms with Gasteiger partial charge in [-0.05, 0) is 18.2 Å². The van der Waals surface area contributed by atoms with Crippen molar-refractivity contribution in [3.8, 4) is 0 Å². The Bertz CT molecular complexity index is 808. The highest BCUT2D eigenvalue weighted by molar-refractivity contribution is 7.89. The lowest BCUT2D eigenvalue weighted by molar-refractivity contribution is 0.102. The number of amides is 1. The van der Waals surface area contributed by atoms with Gasteiger partial charge in [0.2, 0.25) is 10.0 Å². The van der Waals surface area contributed by atoms with E-state index in [1.54, 1.807) is 6.07 Å². The normalized spacial score (nSPS) is 11.1. The minimum Gasteiger partial charge on any atom is -0.397 e. The number of carbonyl (C=O) groups is 1. The van der Waals surface area contributed by atoms with Crippen molar-refractivity contribution in [2.24, 2.45) is 5.14 Å². The largest absolute Gasteiger partial charge is 0.397 e. The Morgan fingerprint density at radius 1 is 1.29 bits per heavy atom. The van der Waals surface area contributed by atoms with Crippen molar-refractivity contribution in [2.75, 3.05) is 11.1 Å². The summed E-state index contributed by atoms with van der Waals surface area (Å²) in [4.78, 5) is 15.7. The molecular weight excluding hydrogens is 316 g/mol. The first kappa shape index (κ1) is 15.2. The van der Waals surface area contributed by atoms with E-state index in [2.05, 4.69) is 10.3 Å². The summed E-state index contributed by atoms with van der Waals surface area (Å²) in [6.45, 7) is 0. The van der Waals surface area contributed by atoms with E-state index in [0.717, 1.165) is 0 Å². The van der Waals surface area contributed by atoms with Gasteiger partial charge in [-0.1, -0.05) is 23.7 Å². The average Bonchev–Trinajstić information content (AvgIpc) is 2.41. The molecule has 0 bridgehead atoms. The molecule has 0 aliphatic carbocycles. The molecule has 21 heavy (non-hydrogen) atoms. The standard InChI is InChI=1S/C12H11ClN4O3S/c13-11-8(5-7(14)6-16-11)12(18)17-9-3-1-2-4-10(9)21(15,19)20/h1-6H,14H2,(H,17,18)(H2,15,19,20). The number of aromatic nitrogens is 1. The third kappa shape index (κ3) is 3.48. The average molecular weight is 327 g/mol. The SMILES string of the molecule is Nc1cnc(Cl)c(C(=O)Nc2ccccc2S(N)(=O)=O)c1. The number of pyridine rings is 1. The summed E-state index contributed by atoms with van der Waals surface area (Å²) in [7, 11) is -3.97. The second kappa shape index (κ2) is 5.68. The lowest BCUT2D eigenvalue weighted by Gasteiger charge is -2.10. The van der Waals surface area contributed by atoms with Crippen molar-refractivity contribution in [3.05, 3.63) is 47.2 Å². The number of benzene rings is 1. The van der Waals surface area contributed by atoms with Crippen LogP contribution in [-0.4, -0.2) is 19.3 Å². The fourth-order valence-corrected chi connectivity index (χ4v) is 2.51. The summed E-state index contributed by atoms with van der Waals surface area (Å²) in [5.41, 5.74) is 5.87. The van der Waals surface area contributed by atoms with Gasteiger partial charge in [-0.25, -0.2) is 18.5 Å². The Kier molecular flexibility index (Phi) is 4.12. The molecule has 1 aromatic carbocycles. The molecular formula is C12H11ClN4O3S. The number of primary sulfonamides is 1. The number of nitrogens with zero attached hydrogens (tertiary/aromatic N) is 1. The van der Waals surface area contributed by atoms with Crippen LogP contribution in [0.5, 0.6) is 0 Å². The highest BCUT2D eigenvalue weighted by Gasteiger charge is 2.17. The maximum absolute atomic E-state index is 12.1. The third-order valence-electron chi connectivity index (χ3n) is 2.55. The number of para-hydroxylation sites is 1. The van der Waals surface area contributed by atoms with Crippen LogP contribution in [0.4, 0.5) is 11.4 Å². The maximum Gasteiger partial charge on any atom is 0.258 e. The lowest BCUT2D eigenvalue weighted by atomic mass is 10.2. The smallest absolute Gasteiger partial charge is 0.258 e. The number of nitrogen functional groups attached to an aromatic ring is 1. The first-order chi connectivity index (χ1) is 9.79. The van der Waals surface area contributed by atoms with E-state index in [9.17, 15) is 13.2 Å². The minimum atomic E-state index is -3.97. The number of halogens is 1. The van der Waals surface area contributed by atoms with Crippen LogP contribution in [-0.2, 0) is 10.0 Å². The van der Waals surface area contributed by atoms with E-state index in [1.807, 2.05) is 0 Å². The number of rotatable bonds is 3. The minimum absolute atomic E-state index is 0.0286. The Hall–Kier alpha value is -2.16. The molecule has 0 unspecified atom stereocenters. The molecule has 0 aliphatic heterocycles. The first-order valence-electron chi connectivity index (χ1n) is 5.63. The summed E-state index contributed by atoms with van der Waals surface area (Å²) >= 11 is 5.82. The van der Waals surface area contributed by atoms with Crippen LogP contribution in [0.2, 0.25) is 5.15 Å². The van der Waals surface area contributed by atoms with Gasteiger partial charge in [-0.3, -0.25) is 4.79 Å². The zero-order valence-corrected chi connectivity index (χ0v) is 12.1. The molecule has 0 atom stereocenters. The molecule has 1 heterocycles. The molecule has 9 heteroatoms. The van der Waals surface area contributed by atoms with Gasteiger partial charge in [0, 0.05) is 0 Å². The van der Waals surface area contributed by atoms with Gasteiger partial charge in [0.1, 0.15) is 10.0 Å². The molecule has 2 rings (SSSR count). The van der Waals surface area contributed by atoms with Crippen LogP contribution in [0.25, 0.3) is 0 Å². The number of sulfonamides is 1. The van der Waals surface area contributed by atoms with Crippen molar-refractivity contribution >= 4 is 38.9 Å². The predicted molar refractivity (Wildman–Crippen MR) is 79.4 cm³/mol. The lowest BCUT2D eigenvalue weighted by Crippen LogP contribution is -2.19. The van der Waals surface area contributed by atoms with Gasteiger partial charge in [0.05, 0.1) is 23.1 Å². The van der Waals surface area contributed by atoms with Gasteiger partial charge in [-0.2, -0.15) is 0 Å². The van der Waals surface area contributed by atoms with Gasteiger partial charge >= 0.3 is 0 Å². The number of nitrogens with two attached hydrogens (primary N) is 2. The van der Waals surface area contributed by atoms with E-state index in [-0.39, 0.29) is 27.0 Å². The quantitative estimate of drug-likeness (QED) is 0.730. The van der Waals surface area contributed by atoms with E-state index in [4.69, 9.17) is 22.5 Å². The number of hydrogen-bond donors (Lipinski definition) is 3. The molecule has 0 fully saturated rings. The first-order valence-corrected chi connectivity index (χ1v) is 7.55. The highest BCUT2D eigenvalue weighted by atomic mass is 35.5. The summed E-state index contributed by atoms with van der Waals surface area (Å²) < 4.78 is 22.9. The van der Waals surface area contributed by atoms with Gasteiger partial charge in [0.25, 0.3) is 5.91 Å². The molecule has 7 nitrogen and oxygen atoms in total. The molecule has 5 N–H and O–H groups in total. The van der Waals surface area contributed by atoms with Crippen LogP contribution >= 0.6 is 11.6 Å². The Labute approximate surface area is 126 Å². The number of carbonyl (C=O) groups excluding carboxylic acids is 1. The van der Waals surface area contributed by atoms with Gasteiger partial charge < -0.3 is 11.1 Å². The summed E-state index contributed by atoms with van der Waals surface area (Å²) in [6, 6.07) is 7.08. The number of nitrogens with one attached hydrogen (secondary N) is 1. The second-order valence-corrected chi connectivity index (χ2v) is 5.99. The molecule has 2 aromatic rings. The molecule has 0 saturated heterocycles. The van der Waals surface area contributed by atoms with Gasteiger partial charge in [0.15, 0.2) is 0 Å². The maximum atomic E-state index is 12.1. The van der Waals surface area contributed by atoms with Crippen LogP contribution < -0.4 is 16.2 Å². The van der Waals surface area contributed by atoms with E-state index in [1.165, 1.54) is 30.5 Å². The van der Waals surface area contributed by atoms with Crippen molar-refractivity contribution in [1.29, 1.82) is 0 Å². The third-order valence-corrected chi connectivity index (χ3v) is 3.82. The van der Waals surface area contributed by atoms with Crippen LogP contribution in [0.3, 0.4) is 0 Å². The Morgan fingerprint density at radius 2 is 1.95 bits per heavy atom. The summed E-state index contributed by atoms with van der Waals surface area (Å²) in [5.74, 6) is -0.643. The van der Waals surface area contributed by atoms with E-state index >= 15 is 0 Å². The van der Waals surface area contributed by atoms with Crippen LogP contribution in [0.15, 0.2) is 41.4 Å². The highest BCUT2D eigenvalue weighted by Crippen LogP contribution is 2.22. The fourth-order valence-electron chi connectivity index (χ4n) is 1.63. The van der Waals surface area contributed by atoms with Crippen LogP contribution in [0.1, 0.15) is 10.4 Å². The second-order valence-electron chi connectivity index (χ2n) is 4.10. The van der Waals surface area contributed by atoms with E-state index < -0.39 is 15.9 Å². The molecule has 0 aliphatic rings. The Morgan fingerprint density at radius 3 is 2.62 bits per heavy atom. The zero-order valence-electron chi connectivity index (χ0n) is 10.6. The van der Waals surface area contributed by atoms with Crippen molar-refractivity contribution < 1.29 is 13.2 Å². The molecule has 1 aromatic heterocycles. The summed E-state index contributed by atoms with van der Waals surface area (Å²) in [6.07, 6.45) is 1.30. The topological polar surface area (TPSA) is 128 Å². The van der Waals surface area contributed by atoms with E-state index in [0.29, 0.717) is 0 Å². The molecule has 110 valence electrons. The fraction of sp³-hybridized carbons (Fsp3) is 0. The monoisotopic (exact) mass is 326 g/mol. The molecule has 0 saturated carbocycles. The van der Waals surface area contributed by atoms with Gasteiger partial charge in [-0.15, -0.1) is 0 Å². The predicted octanol–water partition coefficient (Wildman–Crippen LogP) is 1.22. The summed E-state index contributed by atoms with van der Waals surface area (Å²) in [5, 5.41) is 7.47.